The number of benzene rings is 1. The third-order valence-corrected chi connectivity index (χ3v) is 2.66. The molecule has 1 rings (SSSR count). The summed E-state index contributed by atoms with van der Waals surface area (Å²) in [6.45, 7) is 5.81. The summed E-state index contributed by atoms with van der Waals surface area (Å²) in [5, 5.41) is 5.88. The molecule has 1 aromatic rings. The summed E-state index contributed by atoms with van der Waals surface area (Å²) in [7, 11) is 1.87. The van der Waals surface area contributed by atoms with Gasteiger partial charge >= 0.3 is 0 Å². The SMILES string of the molecule is CCOc1ccc(NC(=O)CCCNC)cc1OCC. The second-order valence-corrected chi connectivity index (χ2v) is 4.28. The molecular weight excluding hydrogens is 256 g/mol. The van der Waals surface area contributed by atoms with Crippen molar-refractivity contribution < 1.29 is 14.3 Å². The van der Waals surface area contributed by atoms with Gasteiger partial charge in [-0.1, -0.05) is 0 Å². The van der Waals surface area contributed by atoms with Gasteiger partial charge in [0.15, 0.2) is 11.5 Å². The highest BCUT2D eigenvalue weighted by molar-refractivity contribution is 5.91. The Morgan fingerprint density at radius 1 is 1.15 bits per heavy atom. The van der Waals surface area contributed by atoms with E-state index in [2.05, 4.69) is 10.6 Å². The Morgan fingerprint density at radius 3 is 2.50 bits per heavy atom. The van der Waals surface area contributed by atoms with Crippen LogP contribution in [-0.2, 0) is 4.79 Å². The Labute approximate surface area is 120 Å². The molecule has 5 heteroatoms. The number of nitrogens with one attached hydrogen (secondary N) is 2. The van der Waals surface area contributed by atoms with Gasteiger partial charge in [0.05, 0.1) is 13.2 Å². The molecule has 0 fully saturated rings. The summed E-state index contributed by atoms with van der Waals surface area (Å²) in [5.41, 5.74) is 0.728. The second-order valence-electron chi connectivity index (χ2n) is 4.28. The van der Waals surface area contributed by atoms with E-state index < -0.39 is 0 Å². The van der Waals surface area contributed by atoms with Crippen LogP contribution in [0.4, 0.5) is 5.69 Å². The van der Waals surface area contributed by atoms with Crippen molar-refractivity contribution in [2.75, 3.05) is 32.1 Å². The van der Waals surface area contributed by atoms with Gasteiger partial charge in [-0.3, -0.25) is 4.79 Å². The average Bonchev–Trinajstić information content (AvgIpc) is 2.42. The van der Waals surface area contributed by atoms with E-state index in [-0.39, 0.29) is 5.91 Å². The molecule has 1 amide bonds. The predicted molar refractivity (Wildman–Crippen MR) is 80.6 cm³/mol. The summed E-state index contributed by atoms with van der Waals surface area (Å²) in [4.78, 5) is 11.8. The Bertz CT molecular complexity index is 422. The minimum Gasteiger partial charge on any atom is -0.490 e. The van der Waals surface area contributed by atoms with Crippen molar-refractivity contribution in [1.82, 2.24) is 5.32 Å². The molecular formula is C15H24N2O3. The van der Waals surface area contributed by atoms with Gasteiger partial charge in [0.2, 0.25) is 5.91 Å². The lowest BCUT2D eigenvalue weighted by Crippen LogP contribution is -2.15. The van der Waals surface area contributed by atoms with Crippen LogP contribution in [0.25, 0.3) is 0 Å². The van der Waals surface area contributed by atoms with Crippen molar-refractivity contribution >= 4 is 11.6 Å². The number of ether oxygens (including phenoxy) is 2. The Balaban J connectivity index is 2.66. The van der Waals surface area contributed by atoms with Crippen molar-refractivity contribution in [3.8, 4) is 11.5 Å². The fourth-order valence-corrected chi connectivity index (χ4v) is 1.78. The van der Waals surface area contributed by atoms with Gasteiger partial charge in [-0.15, -0.1) is 0 Å². The Morgan fingerprint density at radius 2 is 1.85 bits per heavy atom. The minimum atomic E-state index is 0.00635. The molecule has 0 heterocycles. The van der Waals surface area contributed by atoms with E-state index in [9.17, 15) is 4.79 Å². The van der Waals surface area contributed by atoms with Crippen molar-refractivity contribution in [3.05, 3.63) is 18.2 Å². The van der Waals surface area contributed by atoms with Crippen molar-refractivity contribution in [1.29, 1.82) is 0 Å². The predicted octanol–water partition coefficient (Wildman–Crippen LogP) is 2.42. The molecule has 0 aromatic heterocycles. The summed E-state index contributed by atoms with van der Waals surface area (Å²) in [5.74, 6) is 1.36. The maximum atomic E-state index is 11.8. The van der Waals surface area contributed by atoms with E-state index in [0.717, 1.165) is 18.7 Å². The molecule has 0 saturated heterocycles. The van der Waals surface area contributed by atoms with Crippen LogP contribution in [0.3, 0.4) is 0 Å². The van der Waals surface area contributed by atoms with E-state index in [1.165, 1.54) is 0 Å². The molecule has 112 valence electrons. The molecule has 2 N–H and O–H groups in total. The van der Waals surface area contributed by atoms with Crippen LogP contribution in [0.1, 0.15) is 26.7 Å². The van der Waals surface area contributed by atoms with Gasteiger partial charge in [0.1, 0.15) is 0 Å². The standard InChI is InChI=1S/C15H24N2O3/c1-4-19-13-9-8-12(11-14(13)20-5-2)17-15(18)7-6-10-16-3/h8-9,11,16H,4-7,10H2,1-3H3,(H,17,18). The van der Waals surface area contributed by atoms with Crippen molar-refractivity contribution in [3.63, 3.8) is 0 Å². The summed E-state index contributed by atoms with van der Waals surface area (Å²) >= 11 is 0. The van der Waals surface area contributed by atoms with Crippen LogP contribution in [0, 0.1) is 0 Å². The summed E-state index contributed by atoms with van der Waals surface area (Å²) < 4.78 is 11.0. The van der Waals surface area contributed by atoms with Gasteiger partial charge in [-0.2, -0.15) is 0 Å². The minimum absolute atomic E-state index is 0.00635. The largest absolute Gasteiger partial charge is 0.490 e. The summed E-state index contributed by atoms with van der Waals surface area (Å²) in [6.07, 6.45) is 1.32. The molecule has 20 heavy (non-hydrogen) atoms. The van der Waals surface area contributed by atoms with Crippen molar-refractivity contribution in [2.45, 2.75) is 26.7 Å². The average molecular weight is 280 g/mol. The number of carbonyl (C=O) groups excluding carboxylic acids is 1. The third kappa shape index (κ3) is 5.48. The van der Waals surface area contributed by atoms with Gasteiger partial charge < -0.3 is 20.1 Å². The molecule has 0 spiro atoms. The first kappa shape index (κ1) is 16.3. The zero-order chi connectivity index (χ0) is 14.8. The van der Waals surface area contributed by atoms with Crippen LogP contribution in [0.5, 0.6) is 11.5 Å². The monoisotopic (exact) mass is 280 g/mol. The molecule has 0 aliphatic heterocycles. The van der Waals surface area contributed by atoms with Crippen LogP contribution in [0.2, 0.25) is 0 Å². The lowest BCUT2D eigenvalue weighted by atomic mass is 10.2. The number of amides is 1. The van der Waals surface area contributed by atoms with Gasteiger partial charge in [-0.05, 0) is 46.0 Å². The number of hydrogen-bond acceptors (Lipinski definition) is 4. The lowest BCUT2D eigenvalue weighted by Gasteiger charge is -2.13. The highest BCUT2D eigenvalue weighted by Crippen LogP contribution is 2.30. The first-order chi connectivity index (χ1) is 9.71. The molecule has 0 unspecified atom stereocenters. The van der Waals surface area contributed by atoms with Gasteiger partial charge in [0.25, 0.3) is 0 Å². The molecule has 0 atom stereocenters. The number of anilines is 1. The van der Waals surface area contributed by atoms with Crippen molar-refractivity contribution in [2.24, 2.45) is 0 Å². The fourth-order valence-electron chi connectivity index (χ4n) is 1.78. The molecule has 1 aromatic carbocycles. The Kier molecular flexibility index (Phi) is 7.50. The van der Waals surface area contributed by atoms with E-state index in [4.69, 9.17) is 9.47 Å². The van der Waals surface area contributed by atoms with Gasteiger partial charge in [0, 0.05) is 18.2 Å². The Hall–Kier alpha value is -1.75. The van der Waals surface area contributed by atoms with E-state index in [0.29, 0.717) is 31.1 Å². The molecule has 0 saturated carbocycles. The zero-order valence-corrected chi connectivity index (χ0v) is 12.5. The molecule has 0 radical (unpaired) electrons. The van der Waals surface area contributed by atoms with Crippen LogP contribution in [0.15, 0.2) is 18.2 Å². The van der Waals surface area contributed by atoms with E-state index >= 15 is 0 Å². The smallest absolute Gasteiger partial charge is 0.224 e. The first-order valence-corrected chi connectivity index (χ1v) is 7.05. The zero-order valence-electron chi connectivity index (χ0n) is 12.5. The topological polar surface area (TPSA) is 59.6 Å². The third-order valence-electron chi connectivity index (χ3n) is 2.66. The molecule has 0 aliphatic rings. The van der Waals surface area contributed by atoms with Gasteiger partial charge in [-0.25, -0.2) is 0 Å². The summed E-state index contributed by atoms with van der Waals surface area (Å²) in [6, 6.07) is 5.44. The lowest BCUT2D eigenvalue weighted by molar-refractivity contribution is -0.116. The van der Waals surface area contributed by atoms with Crippen LogP contribution >= 0.6 is 0 Å². The van der Waals surface area contributed by atoms with E-state index in [1.54, 1.807) is 6.07 Å². The molecule has 0 aliphatic carbocycles. The van der Waals surface area contributed by atoms with Crippen LogP contribution < -0.4 is 20.1 Å². The number of rotatable bonds is 9. The highest BCUT2D eigenvalue weighted by atomic mass is 16.5. The highest BCUT2D eigenvalue weighted by Gasteiger charge is 2.08. The van der Waals surface area contributed by atoms with Crippen LogP contribution in [-0.4, -0.2) is 32.7 Å². The molecule has 0 bridgehead atoms. The maximum absolute atomic E-state index is 11.8. The normalized spacial score (nSPS) is 10.2. The quantitative estimate of drug-likeness (QED) is 0.682. The molecule has 5 nitrogen and oxygen atoms in total. The second kappa shape index (κ2) is 9.20. The maximum Gasteiger partial charge on any atom is 0.224 e. The first-order valence-electron chi connectivity index (χ1n) is 7.05. The fraction of sp³-hybridized carbons (Fsp3) is 0.533. The number of hydrogen-bond donors (Lipinski definition) is 2. The van der Waals surface area contributed by atoms with E-state index in [1.807, 2.05) is 33.0 Å². The number of carbonyl (C=O) groups is 1.